The number of alkyl halides is 3. The predicted octanol–water partition coefficient (Wildman–Crippen LogP) is 4.75. The molecule has 174 valence electrons. The Morgan fingerprint density at radius 2 is 1.62 bits per heavy atom. The van der Waals surface area contributed by atoms with Gasteiger partial charge in [-0.2, -0.15) is 13.2 Å². The highest BCUT2D eigenvalue weighted by atomic mass is 19.4. The van der Waals surface area contributed by atoms with Gasteiger partial charge in [-0.05, 0) is 53.1 Å². The molecule has 1 saturated heterocycles. The van der Waals surface area contributed by atoms with Crippen LogP contribution in [0.3, 0.4) is 0 Å². The molecule has 1 spiro atoms. The van der Waals surface area contributed by atoms with E-state index in [1.807, 2.05) is 42.5 Å². The van der Waals surface area contributed by atoms with Crippen LogP contribution in [0.5, 0.6) is 0 Å². The second-order valence-electron chi connectivity index (χ2n) is 8.75. The van der Waals surface area contributed by atoms with E-state index in [2.05, 4.69) is 15.9 Å². The molecule has 2 aromatic carbocycles. The highest BCUT2D eigenvalue weighted by Crippen LogP contribution is 2.40. The number of halogens is 3. The summed E-state index contributed by atoms with van der Waals surface area (Å²) in [6, 6.07) is 15.5. The van der Waals surface area contributed by atoms with Crippen molar-refractivity contribution in [3.8, 4) is 0 Å². The van der Waals surface area contributed by atoms with Crippen LogP contribution in [0, 0.1) is 0 Å². The average molecular weight is 464 g/mol. The zero-order chi connectivity index (χ0) is 23.8. The lowest BCUT2D eigenvalue weighted by molar-refractivity contribution is -0.137. The van der Waals surface area contributed by atoms with E-state index in [1.54, 1.807) is 18.2 Å². The van der Waals surface area contributed by atoms with Crippen molar-refractivity contribution in [3.05, 3.63) is 102 Å². The highest BCUT2D eigenvalue weighted by molar-refractivity contribution is 6.09. The number of benzene rings is 2. The fourth-order valence-electron chi connectivity index (χ4n) is 4.64. The van der Waals surface area contributed by atoms with Crippen LogP contribution in [-0.2, 0) is 17.5 Å². The molecule has 0 N–H and O–H groups in total. The van der Waals surface area contributed by atoms with Gasteiger partial charge in [-0.1, -0.05) is 48.5 Å². The molecule has 0 atom stereocenters. The van der Waals surface area contributed by atoms with Gasteiger partial charge in [0.1, 0.15) is 11.4 Å². The number of nitrogens with zero attached hydrogens (tertiary/aromatic N) is 3. The number of hydrogen-bond acceptors (Lipinski definition) is 4. The van der Waals surface area contributed by atoms with Crippen molar-refractivity contribution in [2.45, 2.75) is 18.3 Å². The maximum atomic E-state index is 13.0. The molecule has 0 radical (unpaired) electrons. The van der Waals surface area contributed by atoms with E-state index in [4.69, 9.17) is 4.99 Å². The second kappa shape index (κ2) is 8.72. The second-order valence-corrected chi connectivity index (χ2v) is 8.75. The first kappa shape index (κ1) is 22.3. The number of carbonyl (C=O) groups is 1. The van der Waals surface area contributed by atoms with Crippen molar-refractivity contribution >= 4 is 17.2 Å². The molecular formula is C27H24F3N3O. The maximum Gasteiger partial charge on any atom is 0.416 e. The molecule has 2 aromatic rings. The van der Waals surface area contributed by atoms with Crippen molar-refractivity contribution in [3.63, 3.8) is 0 Å². The summed E-state index contributed by atoms with van der Waals surface area (Å²) in [5.41, 5.74) is 1.43. The Balaban J connectivity index is 1.31. The minimum absolute atomic E-state index is 0.0510. The van der Waals surface area contributed by atoms with Gasteiger partial charge in [-0.3, -0.25) is 9.69 Å². The molecule has 1 aliphatic carbocycles. The molecule has 4 nitrogen and oxygen atoms in total. The summed E-state index contributed by atoms with van der Waals surface area (Å²) in [5.74, 6) is 0.811. The van der Waals surface area contributed by atoms with Gasteiger partial charge in [0, 0.05) is 32.7 Å². The summed E-state index contributed by atoms with van der Waals surface area (Å²) in [4.78, 5) is 21.2. The van der Waals surface area contributed by atoms with Crippen LogP contribution < -0.4 is 0 Å². The molecule has 0 saturated carbocycles. The van der Waals surface area contributed by atoms with Gasteiger partial charge in [0.15, 0.2) is 5.78 Å². The number of piperazine rings is 1. The summed E-state index contributed by atoms with van der Waals surface area (Å²) < 4.78 is 39.1. The lowest BCUT2D eigenvalue weighted by atomic mass is 9.83. The van der Waals surface area contributed by atoms with E-state index in [1.165, 1.54) is 12.1 Å². The first-order valence-corrected chi connectivity index (χ1v) is 11.3. The number of ketones is 1. The number of carbonyl (C=O) groups excluding carboxylic acids is 1. The number of aliphatic imine (C=N–C) groups is 1. The molecule has 1 fully saturated rings. The van der Waals surface area contributed by atoms with Crippen molar-refractivity contribution in [2.75, 3.05) is 26.2 Å². The Bertz CT molecular complexity index is 1190. The third kappa shape index (κ3) is 4.48. The molecular weight excluding hydrogens is 439 g/mol. The van der Waals surface area contributed by atoms with Gasteiger partial charge in [0.05, 0.1) is 5.56 Å². The molecule has 0 amide bonds. The Morgan fingerprint density at radius 3 is 2.29 bits per heavy atom. The molecule has 34 heavy (non-hydrogen) atoms. The first-order chi connectivity index (χ1) is 16.3. The quantitative estimate of drug-likeness (QED) is 0.659. The van der Waals surface area contributed by atoms with Crippen LogP contribution in [0.2, 0.25) is 0 Å². The Labute approximate surface area is 196 Å². The van der Waals surface area contributed by atoms with Gasteiger partial charge in [0.25, 0.3) is 0 Å². The standard InChI is InChI=1S/C27H24F3N3O/c28-27(29,30)22-8-4-5-20(17-22)19-32-13-15-33(16-14-32)25-18-24(21-6-2-1-3-7-21)26(31-25)11-9-23(34)10-12-26/h1-12,17-18H,13-16,19H2. The van der Waals surface area contributed by atoms with E-state index in [-0.39, 0.29) is 5.78 Å². The first-order valence-electron chi connectivity index (χ1n) is 11.3. The fourth-order valence-corrected chi connectivity index (χ4v) is 4.64. The largest absolute Gasteiger partial charge is 0.416 e. The summed E-state index contributed by atoms with van der Waals surface area (Å²) in [6.45, 7) is 3.37. The molecule has 3 aliphatic rings. The molecule has 2 heterocycles. The monoisotopic (exact) mass is 463 g/mol. The fraction of sp³-hybridized carbons (Fsp3) is 0.259. The van der Waals surface area contributed by atoms with Gasteiger partial charge >= 0.3 is 6.18 Å². The molecule has 0 bridgehead atoms. The van der Waals surface area contributed by atoms with Crippen LogP contribution in [0.15, 0.2) is 90.0 Å². The summed E-state index contributed by atoms with van der Waals surface area (Å²) in [7, 11) is 0. The Morgan fingerprint density at radius 1 is 0.912 bits per heavy atom. The third-order valence-corrected chi connectivity index (χ3v) is 6.45. The van der Waals surface area contributed by atoms with Crippen molar-refractivity contribution < 1.29 is 18.0 Å². The van der Waals surface area contributed by atoms with E-state index >= 15 is 0 Å². The van der Waals surface area contributed by atoms with Crippen LogP contribution in [-0.4, -0.2) is 53.1 Å². The maximum absolute atomic E-state index is 13.0. The molecule has 2 aliphatic heterocycles. The highest BCUT2D eigenvalue weighted by Gasteiger charge is 2.38. The minimum atomic E-state index is -4.33. The van der Waals surface area contributed by atoms with Crippen LogP contribution in [0.25, 0.3) is 5.57 Å². The zero-order valence-electron chi connectivity index (χ0n) is 18.5. The zero-order valence-corrected chi connectivity index (χ0v) is 18.5. The van der Waals surface area contributed by atoms with E-state index in [9.17, 15) is 18.0 Å². The van der Waals surface area contributed by atoms with Crippen LogP contribution in [0.1, 0.15) is 16.7 Å². The van der Waals surface area contributed by atoms with Gasteiger partial charge in [0.2, 0.25) is 0 Å². The van der Waals surface area contributed by atoms with Crippen molar-refractivity contribution in [2.24, 2.45) is 4.99 Å². The number of rotatable bonds is 3. The number of hydrogen-bond donors (Lipinski definition) is 0. The number of allylic oxidation sites excluding steroid dienone is 2. The predicted molar refractivity (Wildman–Crippen MR) is 126 cm³/mol. The summed E-state index contributed by atoms with van der Waals surface area (Å²) >= 11 is 0. The molecule has 0 aromatic heterocycles. The van der Waals surface area contributed by atoms with Crippen molar-refractivity contribution in [1.82, 2.24) is 9.80 Å². The summed E-state index contributed by atoms with van der Waals surface area (Å²) in [6.07, 6.45) is 4.59. The lowest BCUT2D eigenvalue weighted by Gasteiger charge is -2.35. The van der Waals surface area contributed by atoms with Gasteiger partial charge in [-0.25, -0.2) is 4.99 Å². The Hall–Kier alpha value is -3.45. The number of amidine groups is 1. The smallest absolute Gasteiger partial charge is 0.354 e. The minimum Gasteiger partial charge on any atom is -0.354 e. The SMILES string of the molecule is O=C1C=CC2(C=C1)N=C(N1CCN(Cc3cccc(C(F)(F)F)c3)CC1)C=C2c1ccccc1. The third-order valence-electron chi connectivity index (χ3n) is 6.45. The van der Waals surface area contributed by atoms with E-state index in [0.717, 1.165) is 49.2 Å². The Kier molecular flexibility index (Phi) is 5.73. The topological polar surface area (TPSA) is 35.9 Å². The van der Waals surface area contributed by atoms with Crippen LogP contribution >= 0.6 is 0 Å². The normalized spacial score (nSPS) is 20.1. The molecule has 7 heteroatoms. The van der Waals surface area contributed by atoms with E-state index < -0.39 is 17.3 Å². The van der Waals surface area contributed by atoms with Crippen molar-refractivity contribution in [1.29, 1.82) is 0 Å². The average Bonchev–Trinajstić information content (AvgIpc) is 3.21. The molecule has 0 unspecified atom stereocenters. The van der Waals surface area contributed by atoms with Gasteiger partial charge < -0.3 is 4.90 Å². The lowest BCUT2D eigenvalue weighted by Crippen LogP contribution is -2.47. The summed E-state index contributed by atoms with van der Waals surface area (Å²) in [5, 5.41) is 0. The van der Waals surface area contributed by atoms with Gasteiger partial charge in [-0.15, -0.1) is 0 Å². The van der Waals surface area contributed by atoms with Crippen LogP contribution in [0.4, 0.5) is 13.2 Å². The van der Waals surface area contributed by atoms with E-state index in [0.29, 0.717) is 12.1 Å². The molecule has 5 rings (SSSR count).